The van der Waals surface area contributed by atoms with Crippen molar-refractivity contribution in [1.82, 2.24) is 10.0 Å². The zero-order valence-corrected chi connectivity index (χ0v) is 18.1. The SMILES string of the molecule is CC(C)(C)NS(=O)(=O)c1cc(C(=O)NCCOc2ccc(Cl)cc2)ccc1Cl. The molecule has 6 nitrogen and oxygen atoms in total. The predicted molar refractivity (Wildman–Crippen MR) is 111 cm³/mol. The molecule has 0 spiro atoms. The van der Waals surface area contributed by atoms with Gasteiger partial charge in [-0.05, 0) is 63.2 Å². The quantitative estimate of drug-likeness (QED) is 0.634. The van der Waals surface area contributed by atoms with E-state index in [0.29, 0.717) is 10.8 Å². The fraction of sp³-hybridized carbons (Fsp3) is 0.316. The number of halogens is 2. The molecule has 152 valence electrons. The lowest BCUT2D eigenvalue weighted by Gasteiger charge is -2.21. The van der Waals surface area contributed by atoms with E-state index in [4.69, 9.17) is 27.9 Å². The molecule has 0 atom stereocenters. The number of ether oxygens (including phenoxy) is 1. The smallest absolute Gasteiger partial charge is 0.251 e. The summed E-state index contributed by atoms with van der Waals surface area (Å²) in [5, 5.41) is 3.33. The summed E-state index contributed by atoms with van der Waals surface area (Å²) in [4.78, 5) is 12.2. The second kappa shape index (κ2) is 9.13. The summed E-state index contributed by atoms with van der Waals surface area (Å²) in [7, 11) is -3.87. The van der Waals surface area contributed by atoms with Gasteiger partial charge in [0.1, 0.15) is 17.3 Å². The summed E-state index contributed by atoms with van der Waals surface area (Å²) in [5.41, 5.74) is -0.496. The van der Waals surface area contributed by atoms with Crippen molar-refractivity contribution in [3.63, 3.8) is 0 Å². The van der Waals surface area contributed by atoms with Crippen LogP contribution in [-0.2, 0) is 10.0 Å². The molecule has 0 bridgehead atoms. The first-order valence-electron chi connectivity index (χ1n) is 8.48. The minimum Gasteiger partial charge on any atom is -0.492 e. The maximum atomic E-state index is 12.5. The highest BCUT2D eigenvalue weighted by Gasteiger charge is 2.25. The predicted octanol–water partition coefficient (Wildman–Crippen LogP) is 3.88. The van der Waals surface area contributed by atoms with Crippen molar-refractivity contribution in [2.24, 2.45) is 0 Å². The molecule has 0 saturated heterocycles. The van der Waals surface area contributed by atoms with Gasteiger partial charge in [0.15, 0.2) is 0 Å². The number of hydrogen-bond acceptors (Lipinski definition) is 4. The summed E-state index contributed by atoms with van der Waals surface area (Å²) >= 11 is 11.8. The lowest BCUT2D eigenvalue weighted by atomic mass is 10.1. The Morgan fingerprint density at radius 3 is 2.32 bits per heavy atom. The van der Waals surface area contributed by atoms with Crippen LogP contribution in [0.1, 0.15) is 31.1 Å². The lowest BCUT2D eigenvalue weighted by Crippen LogP contribution is -2.40. The van der Waals surface area contributed by atoms with E-state index >= 15 is 0 Å². The second-order valence-electron chi connectivity index (χ2n) is 7.06. The molecule has 9 heteroatoms. The third-order valence-corrected chi connectivity index (χ3v) is 5.88. The van der Waals surface area contributed by atoms with Crippen molar-refractivity contribution < 1.29 is 17.9 Å². The molecule has 0 unspecified atom stereocenters. The molecule has 2 aromatic carbocycles. The average Bonchev–Trinajstić information content (AvgIpc) is 2.58. The number of nitrogens with one attached hydrogen (secondary N) is 2. The Morgan fingerprint density at radius 1 is 1.07 bits per heavy atom. The van der Waals surface area contributed by atoms with Crippen LogP contribution < -0.4 is 14.8 Å². The van der Waals surface area contributed by atoms with Gasteiger partial charge in [0.05, 0.1) is 11.6 Å². The van der Waals surface area contributed by atoms with Gasteiger partial charge in [0.2, 0.25) is 10.0 Å². The van der Waals surface area contributed by atoms with E-state index in [2.05, 4.69) is 10.0 Å². The lowest BCUT2D eigenvalue weighted by molar-refractivity contribution is 0.0947. The van der Waals surface area contributed by atoms with E-state index in [1.165, 1.54) is 18.2 Å². The van der Waals surface area contributed by atoms with E-state index in [0.717, 1.165) is 0 Å². The Kier molecular flexibility index (Phi) is 7.33. The standard InChI is InChI=1S/C19H22Cl2N2O4S/c1-19(2,3)23-28(25,26)17-12-13(4-9-16(17)21)18(24)22-10-11-27-15-7-5-14(20)6-8-15/h4-9,12,23H,10-11H2,1-3H3,(H,22,24). The molecule has 0 aliphatic rings. The number of amides is 1. The van der Waals surface area contributed by atoms with Gasteiger partial charge in [-0.2, -0.15) is 0 Å². The van der Waals surface area contributed by atoms with Crippen LogP contribution in [0.15, 0.2) is 47.4 Å². The van der Waals surface area contributed by atoms with Gasteiger partial charge in [-0.3, -0.25) is 4.79 Å². The summed E-state index contributed by atoms with van der Waals surface area (Å²) < 4.78 is 33.1. The maximum absolute atomic E-state index is 12.5. The molecule has 0 heterocycles. The van der Waals surface area contributed by atoms with Gasteiger partial charge in [-0.15, -0.1) is 0 Å². The van der Waals surface area contributed by atoms with Crippen molar-refractivity contribution >= 4 is 39.1 Å². The van der Waals surface area contributed by atoms with E-state index in [1.807, 2.05) is 0 Å². The summed E-state index contributed by atoms with van der Waals surface area (Å²) in [6.45, 7) is 5.64. The van der Waals surface area contributed by atoms with Gasteiger partial charge in [-0.1, -0.05) is 23.2 Å². The molecule has 2 N–H and O–H groups in total. The molecule has 0 aliphatic carbocycles. The summed E-state index contributed by atoms with van der Waals surface area (Å²) in [6, 6.07) is 11.0. The molecule has 0 radical (unpaired) electrons. The first-order valence-corrected chi connectivity index (χ1v) is 10.7. The molecular weight excluding hydrogens is 423 g/mol. The highest BCUT2D eigenvalue weighted by molar-refractivity contribution is 7.89. The fourth-order valence-corrected chi connectivity index (χ4v) is 4.35. The van der Waals surface area contributed by atoms with Gasteiger partial charge >= 0.3 is 0 Å². The maximum Gasteiger partial charge on any atom is 0.251 e. The molecular formula is C19H22Cl2N2O4S. The van der Waals surface area contributed by atoms with Crippen molar-refractivity contribution in [2.75, 3.05) is 13.2 Å². The molecule has 28 heavy (non-hydrogen) atoms. The van der Waals surface area contributed by atoms with E-state index < -0.39 is 21.5 Å². The van der Waals surface area contributed by atoms with Gasteiger partial charge in [0.25, 0.3) is 5.91 Å². The highest BCUT2D eigenvalue weighted by Crippen LogP contribution is 2.24. The largest absolute Gasteiger partial charge is 0.492 e. The van der Waals surface area contributed by atoms with Gasteiger partial charge in [-0.25, -0.2) is 13.1 Å². The second-order valence-corrected chi connectivity index (χ2v) is 9.55. The number of hydrogen-bond donors (Lipinski definition) is 2. The van der Waals surface area contributed by atoms with Crippen LogP contribution in [-0.4, -0.2) is 33.0 Å². The summed E-state index contributed by atoms with van der Waals surface area (Å²) in [5.74, 6) is 0.204. The number of rotatable bonds is 7. The van der Waals surface area contributed by atoms with Crippen LogP contribution in [0.4, 0.5) is 0 Å². The third kappa shape index (κ3) is 6.67. The van der Waals surface area contributed by atoms with Crippen molar-refractivity contribution in [3.05, 3.63) is 58.1 Å². The summed E-state index contributed by atoms with van der Waals surface area (Å²) in [6.07, 6.45) is 0. The highest BCUT2D eigenvalue weighted by atomic mass is 35.5. The Morgan fingerprint density at radius 2 is 1.71 bits per heavy atom. The number of sulfonamides is 1. The molecule has 0 aliphatic heterocycles. The minimum absolute atomic E-state index is 0.0411. The van der Waals surface area contributed by atoms with Gasteiger partial charge in [0, 0.05) is 16.1 Å². The number of carbonyl (C=O) groups is 1. The third-order valence-electron chi connectivity index (χ3n) is 3.39. The topological polar surface area (TPSA) is 84.5 Å². The minimum atomic E-state index is -3.87. The first-order chi connectivity index (χ1) is 13.0. The molecule has 0 fully saturated rings. The van der Waals surface area contributed by atoms with Crippen LogP contribution in [0.2, 0.25) is 10.0 Å². The Hall–Kier alpha value is -1.80. The monoisotopic (exact) mass is 444 g/mol. The molecule has 1 amide bonds. The van der Waals surface area contributed by atoms with Crippen molar-refractivity contribution in [2.45, 2.75) is 31.2 Å². The normalized spacial score (nSPS) is 11.9. The molecule has 2 aromatic rings. The van der Waals surface area contributed by atoms with Crippen molar-refractivity contribution in [3.8, 4) is 5.75 Å². The van der Waals surface area contributed by atoms with E-state index in [9.17, 15) is 13.2 Å². The Balaban J connectivity index is 2.01. The molecule has 2 rings (SSSR count). The Labute approximate surface area is 175 Å². The van der Waals surface area contributed by atoms with Crippen LogP contribution in [0.25, 0.3) is 0 Å². The molecule has 0 saturated carbocycles. The van der Waals surface area contributed by atoms with E-state index in [1.54, 1.807) is 45.0 Å². The zero-order valence-electron chi connectivity index (χ0n) is 15.8. The van der Waals surface area contributed by atoms with Crippen LogP contribution >= 0.6 is 23.2 Å². The number of benzene rings is 2. The van der Waals surface area contributed by atoms with Crippen LogP contribution in [0, 0.1) is 0 Å². The van der Waals surface area contributed by atoms with Gasteiger partial charge < -0.3 is 10.1 Å². The average molecular weight is 445 g/mol. The van der Waals surface area contributed by atoms with Crippen LogP contribution in [0.5, 0.6) is 5.75 Å². The Bertz CT molecular complexity index is 939. The van der Waals surface area contributed by atoms with E-state index in [-0.39, 0.29) is 28.6 Å². The first kappa shape index (κ1) is 22.5. The number of carbonyl (C=O) groups excluding carboxylic acids is 1. The molecule has 0 aromatic heterocycles. The fourth-order valence-electron chi connectivity index (χ4n) is 2.27. The van der Waals surface area contributed by atoms with Crippen molar-refractivity contribution in [1.29, 1.82) is 0 Å². The zero-order chi connectivity index (χ0) is 20.9. The van der Waals surface area contributed by atoms with Crippen LogP contribution in [0.3, 0.4) is 0 Å².